The van der Waals surface area contributed by atoms with Crippen LogP contribution >= 0.6 is 0 Å². The Hall–Kier alpha value is -10.1. The maximum Gasteiger partial charge on any atom is 0.432 e. The number of aliphatic hydroxyl groups excluding tert-OH is 3. The fourth-order valence-corrected chi connectivity index (χ4v) is 12.8. The van der Waals surface area contributed by atoms with Gasteiger partial charge in [0.15, 0.2) is 0 Å². The van der Waals surface area contributed by atoms with Crippen molar-refractivity contribution in [1.29, 1.82) is 0 Å². The second kappa shape index (κ2) is 35.8. The van der Waals surface area contributed by atoms with Crippen molar-refractivity contribution in [3.8, 4) is 11.5 Å². The van der Waals surface area contributed by atoms with Gasteiger partial charge in [-0.2, -0.15) is 0 Å². The molecular formula is C64H87N15O21S. The monoisotopic (exact) mass is 1430 g/mol. The Morgan fingerprint density at radius 3 is 2.06 bits per heavy atom. The van der Waals surface area contributed by atoms with E-state index in [1.807, 2.05) is 0 Å². The molecule has 2 fully saturated rings. The second-order valence-electron chi connectivity index (χ2n) is 25.5. The average molecular weight is 1430 g/mol. The van der Waals surface area contributed by atoms with Gasteiger partial charge in [-0.1, -0.05) is 47.5 Å². The predicted molar refractivity (Wildman–Crippen MR) is 354 cm³/mol. The first-order chi connectivity index (χ1) is 47.8. The molecule has 4 aliphatic heterocycles. The van der Waals surface area contributed by atoms with Crippen LogP contribution in [0.5, 0.6) is 11.5 Å². The maximum atomic E-state index is 15.2. The van der Waals surface area contributed by atoms with E-state index in [4.69, 9.17) is 15.3 Å². The highest BCUT2D eigenvalue weighted by Crippen LogP contribution is 2.33. The lowest BCUT2D eigenvalue weighted by Gasteiger charge is -2.32. The van der Waals surface area contributed by atoms with Gasteiger partial charge in [0.2, 0.25) is 70.9 Å². The number of nitrogens with two attached hydrogens (primary N) is 1. The third-order valence-electron chi connectivity index (χ3n) is 17.4. The Bertz CT molecular complexity index is 3670. The van der Waals surface area contributed by atoms with E-state index in [2.05, 4.69) is 63.5 Å². The van der Waals surface area contributed by atoms with Gasteiger partial charge in [0.25, 0.3) is 11.8 Å². The highest BCUT2D eigenvalue weighted by atomic mass is 32.2. The number of aromatic amines is 1. The zero-order valence-electron chi connectivity index (χ0n) is 56.4. The number of carbonyl (C=O) groups is 15. The van der Waals surface area contributed by atoms with Crippen LogP contribution < -0.4 is 69.0 Å². The number of nitrogens with one attached hydrogen (secondary N) is 12. The van der Waals surface area contributed by atoms with Crippen LogP contribution in [0.1, 0.15) is 105 Å². The summed E-state index contributed by atoms with van der Waals surface area (Å²) >= 11 is 0. The molecule has 37 heteroatoms. The van der Waals surface area contributed by atoms with Gasteiger partial charge in [-0.05, 0) is 73.6 Å². The number of unbranched alkanes of at least 4 members (excludes halogenated alkanes) is 2. The molecule has 550 valence electrons. The fourth-order valence-electron chi connectivity index (χ4n) is 11.4. The van der Waals surface area contributed by atoms with E-state index in [1.54, 1.807) is 27.7 Å². The van der Waals surface area contributed by atoms with E-state index in [0.29, 0.717) is 30.7 Å². The number of aliphatic hydroxyl groups is 3. The number of imide groups is 1. The molecule has 101 heavy (non-hydrogen) atoms. The van der Waals surface area contributed by atoms with Crippen LogP contribution in [-0.4, -0.2) is 222 Å². The summed E-state index contributed by atoms with van der Waals surface area (Å²) in [4.78, 5) is 211. The Kier molecular flexibility index (Phi) is 27.7. The summed E-state index contributed by atoms with van der Waals surface area (Å²) in [6.45, 7) is 6.49. The number of nitrogens with zero attached hydrogens (tertiary/aromatic N) is 2. The molecule has 13 atom stereocenters. The maximum absolute atomic E-state index is 15.2. The SMILES string of the molecule is CC[C@H](C)[C@@H]1NC(=O)CNC(=O)[C@@H]2Cc3c([nH]c4cc(Oc5ccc(NC(=O)[C@H](C)NC(=O)[C@@H](NC(=O)CCCCCNC(=O)ON6C(=O)CCC6=O)C(C)C)cc5)ccc34)[S@](=O)C[C@H](NC(=O)CNC1=O)C(=O)N[C@@H](CC(N)=O)C(=O)N1C[C@H](O)C[C@H]1C(=O)N[C@@H]([C@@H](C)[C@@H](O)CO)C(=O)N2. The highest BCUT2D eigenvalue weighted by molar-refractivity contribution is 7.85. The zero-order chi connectivity index (χ0) is 74.1. The van der Waals surface area contributed by atoms with E-state index >= 15 is 4.21 Å². The lowest BCUT2D eigenvalue weighted by molar-refractivity contribution is -0.171. The fraction of sp³-hybridized carbons (Fsp3) is 0.547. The summed E-state index contributed by atoms with van der Waals surface area (Å²) in [5.74, 6) is -15.4. The molecule has 0 radical (unpaired) electrons. The molecule has 17 N–H and O–H groups in total. The number of hydrogen-bond donors (Lipinski definition) is 16. The van der Waals surface area contributed by atoms with Crippen LogP contribution in [0.25, 0.3) is 10.9 Å². The number of anilines is 1. The van der Waals surface area contributed by atoms with Gasteiger partial charge < -0.3 is 99.0 Å². The molecule has 0 saturated carbocycles. The minimum atomic E-state index is -2.51. The Morgan fingerprint density at radius 2 is 1.41 bits per heavy atom. The zero-order valence-corrected chi connectivity index (χ0v) is 57.2. The quantitative estimate of drug-likeness (QED) is 0.0338. The molecule has 3 aromatic rings. The molecule has 2 bridgehead atoms. The van der Waals surface area contributed by atoms with Crippen molar-refractivity contribution in [2.45, 2.75) is 171 Å². The van der Waals surface area contributed by atoms with Crippen molar-refractivity contribution >= 4 is 116 Å². The summed E-state index contributed by atoms with van der Waals surface area (Å²) in [6, 6.07) is -2.12. The van der Waals surface area contributed by atoms with E-state index in [1.165, 1.54) is 56.3 Å². The first-order valence-electron chi connectivity index (χ1n) is 33.0. The summed E-state index contributed by atoms with van der Waals surface area (Å²) < 4.78 is 21.4. The number of benzene rings is 2. The Balaban J connectivity index is 1.14. The number of hydrogen-bond acceptors (Lipinski definition) is 21. The van der Waals surface area contributed by atoms with Gasteiger partial charge in [0.1, 0.15) is 64.9 Å². The first-order valence-corrected chi connectivity index (χ1v) is 34.3. The highest BCUT2D eigenvalue weighted by Gasteiger charge is 2.45. The number of amides is 15. The number of primary amides is 1. The largest absolute Gasteiger partial charge is 0.457 e. The first kappa shape index (κ1) is 78.2. The number of hydroxylamine groups is 2. The predicted octanol–water partition coefficient (Wildman–Crippen LogP) is -3.90. The molecule has 4 aliphatic rings. The van der Waals surface area contributed by atoms with Crippen molar-refractivity contribution in [3.05, 3.63) is 48.0 Å². The molecule has 15 amide bonds. The van der Waals surface area contributed by atoms with Gasteiger partial charge in [-0.25, -0.2) is 4.79 Å². The number of rotatable bonds is 22. The average Bonchev–Trinajstić information content (AvgIpc) is 1.62. The number of H-pyrrole nitrogens is 1. The van der Waals surface area contributed by atoms with Crippen molar-refractivity contribution < 1.29 is 101 Å². The molecule has 36 nitrogen and oxygen atoms in total. The molecule has 0 unspecified atom stereocenters. The van der Waals surface area contributed by atoms with Crippen molar-refractivity contribution in [1.82, 2.24) is 68.1 Å². The molecule has 1 aromatic heterocycles. The van der Waals surface area contributed by atoms with E-state index in [-0.39, 0.29) is 64.5 Å². The summed E-state index contributed by atoms with van der Waals surface area (Å²) in [5.41, 5.74) is 6.04. The van der Waals surface area contributed by atoms with Gasteiger partial charge in [0, 0.05) is 68.3 Å². The van der Waals surface area contributed by atoms with Crippen LogP contribution in [0.15, 0.2) is 47.5 Å². The van der Waals surface area contributed by atoms with Crippen LogP contribution in [0, 0.1) is 17.8 Å². The van der Waals surface area contributed by atoms with Crippen LogP contribution in [0.3, 0.4) is 0 Å². The number of ether oxygens (including phenoxy) is 1. The van der Waals surface area contributed by atoms with Crippen LogP contribution in [0.4, 0.5) is 10.5 Å². The second-order valence-corrected chi connectivity index (χ2v) is 26.9. The van der Waals surface area contributed by atoms with Crippen LogP contribution in [0.2, 0.25) is 0 Å². The Morgan fingerprint density at radius 1 is 0.743 bits per heavy atom. The number of carbonyl (C=O) groups excluding carboxylic acids is 15. The van der Waals surface area contributed by atoms with Gasteiger partial charge in [-0.3, -0.25) is 71.3 Å². The van der Waals surface area contributed by atoms with Gasteiger partial charge in [0.05, 0.1) is 60.4 Å². The smallest absolute Gasteiger partial charge is 0.432 e. The summed E-state index contributed by atoms with van der Waals surface area (Å²) in [7, 11) is -2.51. The summed E-state index contributed by atoms with van der Waals surface area (Å²) in [5, 5.41) is 60.1. The molecule has 7 rings (SSSR count). The molecule has 0 aliphatic carbocycles. The standard InChI is InChI=1S/C64H87N15O21S/c1-7-31(4)53-59(93)68-25-48(85)71-43-29-101(98)62-39(23-41(56(90)67-26-49(86)76-53)72-61(95)54(32(5)45(82)28-80)77-58(92)44-21-35(81)27-78(44)63(96)42(24-46(65)83)73-57(43)91)38-17-16-37(22-40(38)74-62)99-36-14-12-34(13-15-36)70-55(89)33(6)69-60(94)52(30(2)3)75-47(84)11-9-8-10-20-66-64(97)100-79-50(87)18-19-51(79)88/h12-17,22,30-33,35,41-45,52-54,74,80-82H,7-11,18-21,23-29H2,1-6H3,(H2,65,83)(H,66,97)(H,67,90)(H,68,93)(H,69,94)(H,70,89)(H,71,85)(H,72,95)(H,73,91)(H,75,84)(H,76,86)(H,77,92)/t31-,32-,33-,35+,41-,42-,43-,44-,45-,52-,53-,54-,101+/m0/s1. The van der Waals surface area contributed by atoms with Gasteiger partial charge >= 0.3 is 6.09 Å². The minimum Gasteiger partial charge on any atom is -0.457 e. The van der Waals surface area contributed by atoms with Gasteiger partial charge in [-0.15, -0.1) is 5.06 Å². The molecule has 2 saturated heterocycles. The van der Waals surface area contributed by atoms with Crippen molar-refractivity contribution in [2.24, 2.45) is 23.5 Å². The lowest BCUT2D eigenvalue weighted by Crippen LogP contribution is -2.62. The number of fused-ring (bicyclic) bond motifs is 5. The topological polar surface area (TPSA) is 533 Å². The third-order valence-corrected chi connectivity index (χ3v) is 18.9. The van der Waals surface area contributed by atoms with E-state index in [9.17, 15) is 87.2 Å². The van der Waals surface area contributed by atoms with Crippen LogP contribution in [-0.2, 0) is 89.2 Å². The van der Waals surface area contributed by atoms with Crippen molar-refractivity contribution in [2.75, 3.05) is 43.9 Å². The summed E-state index contributed by atoms with van der Waals surface area (Å²) in [6.07, 6.45) is -4.47. The van der Waals surface area contributed by atoms with E-state index in [0.717, 1.165) is 4.90 Å². The molecule has 5 heterocycles. The minimum absolute atomic E-state index is 0.0274. The molecule has 0 spiro atoms. The van der Waals surface area contributed by atoms with E-state index < -0.39 is 229 Å². The lowest BCUT2D eigenvalue weighted by atomic mass is 9.93. The Labute approximate surface area is 581 Å². The molecular weight excluding hydrogens is 1350 g/mol. The van der Waals surface area contributed by atoms with Crippen molar-refractivity contribution in [3.63, 3.8) is 0 Å². The normalized spacial score (nSPS) is 23.6. The third kappa shape index (κ3) is 21.2. The molecule has 2 aromatic carbocycles. The number of aromatic nitrogens is 1.